The summed E-state index contributed by atoms with van der Waals surface area (Å²) in [5.41, 5.74) is 0.219. The summed E-state index contributed by atoms with van der Waals surface area (Å²) in [6.45, 7) is 7.90. The van der Waals surface area contributed by atoms with Crippen LogP contribution in [0, 0.1) is 5.92 Å². The molecule has 106 valence electrons. The number of ether oxygens (including phenoxy) is 1. The molecule has 2 unspecified atom stereocenters. The molecule has 2 nitrogen and oxygen atoms in total. The highest BCUT2D eigenvalue weighted by molar-refractivity contribution is 7.99. The average Bonchev–Trinajstić information content (AvgIpc) is 2.36. The van der Waals surface area contributed by atoms with Crippen molar-refractivity contribution >= 4 is 11.8 Å². The van der Waals surface area contributed by atoms with Gasteiger partial charge in [0.05, 0.1) is 5.60 Å². The van der Waals surface area contributed by atoms with Crippen molar-refractivity contribution in [2.75, 3.05) is 18.1 Å². The third kappa shape index (κ3) is 3.64. The molecule has 3 heteroatoms. The Balaban J connectivity index is 1.89. The molecule has 18 heavy (non-hydrogen) atoms. The molecule has 0 amide bonds. The van der Waals surface area contributed by atoms with E-state index in [1.165, 1.54) is 43.6 Å². The Hall–Kier alpha value is 0.270. The van der Waals surface area contributed by atoms with E-state index in [0.717, 1.165) is 12.5 Å². The Morgan fingerprint density at radius 2 is 2.06 bits per heavy atom. The smallest absolute Gasteiger partial charge is 0.0713 e. The molecular formula is C15H29NOS. The van der Waals surface area contributed by atoms with E-state index in [-0.39, 0.29) is 5.60 Å². The summed E-state index contributed by atoms with van der Waals surface area (Å²) in [5, 5.41) is 3.89. The number of thioether (sulfide) groups is 1. The minimum absolute atomic E-state index is 0.219. The van der Waals surface area contributed by atoms with E-state index in [4.69, 9.17) is 4.74 Å². The van der Waals surface area contributed by atoms with Crippen molar-refractivity contribution in [3.8, 4) is 0 Å². The van der Waals surface area contributed by atoms with Gasteiger partial charge < -0.3 is 10.1 Å². The monoisotopic (exact) mass is 271 g/mol. The van der Waals surface area contributed by atoms with Gasteiger partial charge in [-0.05, 0) is 49.5 Å². The second-order valence-corrected chi connectivity index (χ2v) is 7.48. The first kappa shape index (κ1) is 14.7. The zero-order chi connectivity index (χ0) is 13.0. The van der Waals surface area contributed by atoms with Crippen LogP contribution in [0.2, 0.25) is 0 Å². The lowest BCUT2D eigenvalue weighted by molar-refractivity contribution is -0.0947. The van der Waals surface area contributed by atoms with Crippen LogP contribution >= 0.6 is 11.8 Å². The SMILES string of the molecule is CCC(NC1CCOC2(CCSCC2)C1)C(C)C. The first-order valence-corrected chi connectivity index (χ1v) is 8.78. The molecular weight excluding hydrogens is 242 g/mol. The molecule has 1 spiro atoms. The van der Waals surface area contributed by atoms with Crippen molar-refractivity contribution in [3.63, 3.8) is 0 Å². The van der Waals surface area contributed by atoms with Crippen molar-refractivity contribution in [3.05, 3.63) is 0 Å². The molecule has 0 bridgehead atoms. The Bertz CT molecular complexity index is 245. The Morgan fingerprint density at radius 1 is 1.33 bits per heavy atom. The molecule has 2 aliphatic rings. The van der Waals surface area contributed by atoms with E-state index < -0.39 is 0 Å². The molecule has 2 rings (SSSR count). The van der Waals surface area contributed by atoms with Gasteiger partial charge in [0.2, 0.25) is 0 Å². The van der Waals surface area contributed by atoms with Gasteiger partial charge in [0, 0.05) is 18.7 Å². The summed E-state index contributed by atoms with van der Waals surface area (Å²) in [7, 11) is 0. The van der Waals surface area contributed by atoms with Crippen LogP contribution in [-0.2, 0) is 4.74 Å². The highest BCUT2D eigenvalue weighted by Gasteiger charge is 2.39. The van der Waals surface area contributed by atoms with E-state index in [1.54, 1.807) is 0 Å². The van der Waals surface area contributed by atoms with Crippen LogP contribution in [-0.4, -0.2) is 35.8 Å². The van der Waals surface area contributed by atoms with Crippen molar-refractivity contribution in [2.24, 2.45) is 5.92 Å². The fourth-order valence-electron chi connectivity index (χ4n) is 3.35. The molecule has 0 saturated carbocycles. The lowest BCUT2D eigenvalue weighted by Crippen LogP contribution is -2.51. The van der Waals surface area contributed by atoms with Gasteiger partial charge in [-0.2, -0.15) is 11.8 Å². The Kier molecular flexibility index (Phi) is 5.40. The summed E-state index contributed by atoms with van der Waals surface area (Å²) in [6.07, 6.45) is 6.18. The lowest BCUT2D eigenvalue weighted by Gasteiger charge is -2.44. The molecule has 2 fully saturated rings. The maximum absolute atomic E-state index is 6.16. The number of nitrogens with one attached hydrogen (secondary N) is 1. The van der Waals surface area contributed by atoms with E-state index in [1.807, 2.05) is 0 Å². The third-order valence-corrected chi connectivity index (χ3v) is 5.58. The molecule has 0 aromatic heterocycles. The van der Waals surface area contributed by atoms with Gasteiger partial charge >= 0.3 is 0 Å². The van der Waals surface area contributed by atoms with Crippen molar-refractivity contribution < 1.29 is 4.74 Å². The first-order valence-electron chi connectivity index (χ1n) is 7.63. The maximum Gasteiger partial charge on any atom is 0.0713 e. The second kappa shape index (κ2) is 6.62. The summed E-state index contributed by atoms with van der Waals surface area (Å²) >= 11 is 2.09. The minimum Gasteiger partial charge on any atom is -0.375 e. The molecule has 2 heterocycles. The minimum atomic E-state index is 0.219. The number of rotatable bonds is 4. The van der Waals surface area contributed by atoms with Gasteiger partial charge in [-0.1, -0.05) is 20.8 Å². The molecule has 0 aliphatic carbocycles. The molecule has 2 saturated heterocycles. The van der Waals surface area contributed by atoms with E-state index in [9.17, 15) is 0 Å². The van der Waals surface area contributed by atoms with Crippen molar-refractivity contribution in [2.45, 2.75) is 70.6 Å². The average molecular weight is 271 g/mol. The van der Waals surface area contributed by atoms with Gasteiger partial charge in [0.15, 0.2) is 0 Å². The summed E-state index contributed by atoms with van der Waals surface area (Å²) in [4.78, 5) is 0. The van der Waals surface area contributed by atoms with E-state index >= 15 is 0 Å². The highest BCUT2D eigenvalue weighted by Crippen LogP contribution is 2.37. The predicted molar refractivity (Wildman–Crippen MR) is 80.3 cm³/mol. The first-order chi connectivity index (χ1) is 8.65. The Morgan fingerprint density at radius 3 is 2.67 bits per heavy atom. The molecule has 2 aliphatic heterocycles. The van der Waals surface area contributed by atoms with Gasteiger partial charge in [-0.15, -0.1) is 0 Å². The van der Waals surface area contributed by atoms with Crippen LogP contribution in [0.15, 0.2) is 0 Å². The zero-order valence-corrected chi connectivity index (χ0v) is 13.0. The van der Waals surface area contributed by atoms with Crippen LogP contribution in [0.3, 0.4) is 0 Å². The van der Waals surface area contributed by atoms with Crippen molar-refractivity contribution in [1.82, 2.24) is 5.32 Å². The number of hydrogen-bond acceptors (Lipinski definition) is 3. The molecule has 0 radical (unpaired) electrons. The quantitative estimate of drug-likeness (QED) is 0.846. The molecule has 2 atom stereocenters. The van der Waals surface area contributed by atoms with Crippen LogP contribution in [0.25, 0.3) is 0 Å². The molecule has 0 aromatic rings. The fourth-order valence-corrected chi connectivity index (χ4v) is 4.58. The van der Waals surface area contributed by atoms with Crippen LogP contribution in [0.1, 0.15) is 52.9 Å². The van der Waals surface area contributed by atoms with Gasteiger partial charge in [0.1, 0.15) is 0 Å². The topological polar surface area (TPSA) is 21.3 Å². The van der Waals surface area contributed by atoms with Gasteiger partial charge in [0.25, 0.3) is 0 Å². The normalized spacial score (nSPS) is 29.7. The second-order valence-electron chi connectivity index (χ2n) is 6.26. The largest absolute Gasteiger partial charge is 0.375 e. The third-order valence-electron chi connectivity index (χ3n) is 4.59. The summed E-state index contributed by atoms with van der Waals surface area (Å²) in [6, 6.07) is 1.34. The van der Waals surface area contributed by atoms with Gasteiger partial charge in [-0.25, -0.2) is 0 Å². The Labute approximate surface area is 117 Å². The van der Waals surface area contributed by atoms with Crippen LogP contribution < -0.4 is 5.32 Å². The molecule has 1 N–H and O–H groups in total. The summed E-state index contributed by atoms with van der Waals surface area (Å²) in [5.74, 6) is 3.30. The fraction of sp³-hybridized carbons (Fsp3) is 1.00. The van der Waals surface area contributed by atoms with Crippen LogP contribution in [0.5, 0.6) is 0 Å². The van der Waals surface area contributed by atoms with E-state index in [2.05, 4.69) is 37.8 Å². The lowest BCUT2D eigenvalue weighted by atomic mass is 9.84. The van der Waals surface area contributed by atoms with Crippen molar-refractivity contribution in [1.29, 1.82) is 0 Å². The van der Waals surface area contributed by atoms with E-state index in [0.29, 0.717) is 12.1 Å². The predicted octanol–water partition coefficient (Wildman–Crippen LogP) is 3.46. The molecule has 0 aromatic carbocycles. The maximum atomic E-state index is 6.16. The standard InChI is InChI=1S/C15H29NOS/c1-4-14(12(2)3)16-13-5-8-17-15(11-13)6-9-18-10-7-15/h12-14,16H,4-11H2,1-3H3. The number of hydrogen-bond donors (Lipinski definition) is 1. The highest BCUT2D eigenvalue weighted by atomic mass is 32.2. The summed E-state index contributed by atoms with van der Waals surface area (Å²) < 4.78 is 6.16. The van der Waals surface area contributed by atoms with Gasteiger partial charge in [-0.3, -0.25) is 0 Å². The van der Waals surface area contributed by atoms with Crippen LogP contribution in [0.4, 0.5) is 0 Å². The zero-order valence-electron chi connectivity index (χ0n) is 12.2.